The zero-order valence-electron chi connectivity index (χ0n) is 23.1. The molecule has 0 saturated carbocycles. The van der Waals surface area contributed by atoms with Gasteiger partial charge in [-0.15, -0.1) is 0 Å². The first-order valence-corrected chi connectivity index (χ1v) is 13.2. The van der Waals surface area contributed by atoms with E-state index in [1.165, 1.54) is 62.6 Å². The van der Waals surface area contributed by atoms with Crippen LogP contribution in [-0.4, -0.2) is 28.8 Å². The Bertz CT molecular complexity index is 2020. The number of furan rings is 1. The molecule has 0 aliphatic heterocycles. The topological polar surface area (TPSA) is 110 Å². The average Bonchev–Trinajstić information content (AvgIpc) is 3.62. The summed E-state index contributed by atoms with van der Waals surface area (Å²) in [5, 5.41) is 5.08. The summed E-state index contributed by atoms with van der Waals surface area (Å²) in [6.07, 6.45) is 3.08. The van der Waals surface area contributed by atoms with Crippen molar-refractivity contribution in [1.82, 2.24) is 20.6 Å². The molecule has 3 aromatic carbocycles. The lowest BCUT2D eigenvalue weighted by atomic mass is 9.94. The van der Waals surface area contributed by atoms with Crippen LogP contribution in [0.3, 0.4) is 0 Å². The number of benzene rings is 3. The van der Waals surface area contributed by atoms with E-state index in [1.54, 1.807) is 19.2 Å². The molecular formula is C32H23F3N4O4. The Morgan fingerprint density at radius 2 is 1.67 bits per heavy atom. The van der Waals surface area contributed by atoms with E-state index in [1.807, 2.05) is 0 Å². The van der Waals surface area contributed by atoms with Crippen molar-refractivity contribution < 1.29 is 31.6 Å². The lowest BCUT2D eigenvalue weighted by molar-refractivity contribution is 0.0932. The van der Waals surface area contributed by atoms with E-state index in [9.17, 15) is 14.0 Å². The number of oxazole rings is 1. The number of hydrogen-bond acceptors (Lipinski definition) is 6. The Morgan fingerprint density at radius 3 is 2.40 bits per heavy atom. The summed E-state index contributed by atoms with van der Waals surface area (Å²) in [5.74, 6) is -3.05. The van der Waals surface area contributed by atoms with E-state index in [2.05, 4.69) is 20.6 Å². The first-order valence-electron chi connectivity index (χ1n) is 13.2. The van der Waals surface area contributed by atoms with Gasteiger partial charge in [0.25, 0.3) is 11.8 Å². The number of hydrogen-bond donors (Lipinski definition) is 2. The van der Waals surface area contributed by atoms with Crippen LogP contribution in [0.15, 0.2) is 75.8 Å². The zero-order chi connectivity index (χ0) is 30.4. The van der Waals surface area contributed by atoms with Gasteiger partial charge in [-0.25, -0.2) is 18.2 Å². The molecule has 0 radical (unpaired) electrons. The third kappa shape index (κ3) is 4.88. The van der Waals surface area contributed by atoms with E-state index in [0.29, 0.717) is 16.7 Å². The van der Waals surface area contributed by atoms with Crippen molar-refractivity contribution in [2.24, 2.45) is 0 Å². The van der Waals surface area contributed by atoms with E-state index < -0.39 is 35.3 Å². The fourth-order valence-corrected chi connectivity index (χ4v) is 4.92. The predicted octanol–water partition coefficient (Wildman–Crippen LogP) is 6.88. The van der Waals surface area contributed by atoms with Crippen LogP contribution in [0, 0.1) is 24.4 Å². The first-order chi connectivity index (χ1) is 20.7. The highest BCUT2D eigenvalue weighted by Crippen LogP contribution is 2.40. The molecule has 0 spiro atoms. The summed E-state index contributed by atoms with van der Waals surface area (Å²) in [6.45, 7) is 3.12. The lowest BCUT2D eigenvalue weighted by Gasteiger charge is -2.14. The average molecular weight is 585 g/mol. The summed E-state index contributed by atoms with van der Waals surface area (Å²) in [7, 11) is 1.39. The second kappa shape index (κ2) is 10.8. The van der Waals surface area contributed by atoms with Crippen molar-refractivity contribution in [2.45, 2.75) is 19.9 Å². The van der Waals surface area contributed by atoms with Gasteiger partial charge >= 0.3 is 0 Å². The van der Waals surface area contributed by atoms with Crippen molar-refractivity contribution in [3.63, 3.8) is 0 Å². The summed E-state index contributed by atoms with van der Waals surface area (Å²) in [6, 6.07) is 11.5. The lowest BCUT2D eigenvalue weighted by Crippen LogP contribution is -2.27. The molecule has 6 rings (SSSR count). The van der Waals surface area contributed by atoms with Crippen molar-refractivity contribution in [1.29, 1.82) is 0 Å². The first kappa shape index (κ1) is 27.7. The maximum Gasteiger partial charge on any atom is 0.255 e. The van der Waals surface area contributed by atoms with Crippen molar-refractivity contribution in [3.8, 4) is 22.5 Å². The van der Waals surface area contributed by atoms with Crippen LogP contribution in [-0.2, 0) is 0 Å². The summed E-state index contributed by atoms with van der Waals surface area (Å²) < 4.78 is 56.6. The molecular weight excluding hydrogens is 561 g/mol. The Balaban J connectivity index is 1.41. The van der Waals surface area contributed by atoms with Gasteiger partial charge in [0.1, 0.15) is 40.4 Å². The second-order valence-electron chi connectivity index (χ2n) is 9.91. The number of rotatable bonds is 6. The molecule has 0 unspecified atom stereocenters. The standard InChI is InChI=1S/C32H23F3N4O4/c1-15-21(12-18(13-22(15)34)30(40)38-16(2)32-39-23-14-37-11-10-24(23)43-32)20-8-9-25-26(28(20)35)27(31(41)36-3)29(42-25)17-4-6-19(33)7-5-17/h4-14,16H,1-3H3,(H,36,41)(H,38,40)/t16-/m0/s1. The number of pyridine rings is 1. The molecule has 2 amide bonds. The molecule has 43 heavy (non-hydrogen) atoms. The maximum atomic E-state index is 16.3. The van der Waals surface area contributed by atoms with Gasteiger partial charge in [0.05, 0.1) is 17.1 Å². The van der Waals surface area contributed by atoms with Crippen molar-refractivity contribution in [2.75, 3.05) is 7.05 Å². The number of aromatic nitrogens is 2. The summed E-state index contributed by atoms with van der Waals surface area (Å²) >= 11 is 0. The van der Waals surface area contributed by atoms with E-state index >= 15 is 8.78 Å². The molecule has 6 aromatic rings. The molecule has 2 N–H and O–H groups in total. The van der Waals surface area contributed by atoms with Crippen LogP contribution in [0.2, 0.25) is 0 Å². The second-order valence-corrected chi connectivity index (χ2v) is 9.91. The Kier molecular flexibility index (Phi) is 6.93. The van der Waals surface area contributed by atoms with Crippen LogP contribution >= 0.6 is 0 Å². The SMILES string of the molecule is CNC(=O)c1c(-c2ccc(F)cc2)oc2ccc(-c3cc(C(=O)N[C@@H](C)c4nc5cnccc5o4)cc(F)c3C)c(F)c12. The highest BCUT2D eigenvalue weighted by atomic mass is 19.1. The minimum absolute atomic E-state index is 0.0466. The summed E-state index contributed by atoms with van der Waals surface area (Å²) in [5.41, 5.74) is 1.44. The number of carbonyl (C=O) groups is 2. The molecule has 0 bridgehead atoms. The molecule has 3 aromatic heterocycles. The molecule has 216 valence electrons. The summed E-state index contributed by atoms with van der Waals surface area (Å²) in [4.78, 5) is 34.5. The Hall–Kier alpha value is -5.45. The number of amides is 2. The molecule has 3 heterocycles. The number of halogens is 3. The van der Waals surface area contributed by atoms with Crippen LogP contribution in [0.4, 0.5) is 13.2 Å². The highest BCUT2D eigenvalue weighted by Gasteiger charge is 2.27. The van der Waals surface area contributed by atoms with Crippen molar-refractivity contribution in [3.05, 3.63) is 107 Å². The van der Waals surface area contributed by atoms with Gasteiger partial charge in [-0.3, -0.25) is 14.6 Å². The van der Waals surface area contributed by atoms with Crippen LogP contribution < -0.4 is 10.6 Å². The maximum absolute atomic E-state index is 16.3. The monoisotopic (exact) mass is 584 g/mol. The third-order valence-electron chi connectivity index (χ3n) is 7.17. The quantitative estimate of drug-likeness (QED) is 0.221. The zero-order valence-corrected chi connectivity index (χ0v) is 23.1. The van der Waals surface area contributed by atoms with Gasteiger partial charge < -0.3 is 19.5 Å². The fraction of sp³-hybridized carbons (Fsp3) is 0.125. The predicted molar refractivity (Wildman–Crippen MR) is 153 cm³/mol. The van der Waals surface area contributed by atoms with Crippen LogP contribution in [0.5, 0.6) is 0 Å². The van der Waals surface area contributed by atoms with Gasteiger partial charge in [-0.2, -0.15) is 0 Å². The van der Waals surface area contributed by atoms with Gasteiger partial charge in [0, 0.05) is 36.0 Å². The largest absolute Gasteiger partial charge is 0.455 e. The number of nitrogens with one attached hydrogen (secondary N) is 2. The Morgan fingerprint density at radius 1 is 0.907 bits per heavy atom. The molecule has 0 fully saturated rings. The third-order valence-corrected chi connectivity index (χ3v) is 7.17. The normalized spacial score (nSPS) is 12.0. The minimum Gasteiger partial charge on any atom is -0.455 e. The van der Waals surface area contributed by atoms with E-state index in [0.717, 1.165) is 6.07 Å². The van der Waals surface area contributed by atoms with E-state index in [-0.39, 0.29) is 50.4 Å². The molecule has 0 aliphatic carbocycles. The van der Waals surface area contributed by atoms with Crippen molar-refractivity contribution >= 4 is 33.9 Å². The fourth-order valence-electron chi connectivity index (χ4n) is 4.92. The van der Waals surface area contributed by atoms with Crippen LogP contribution in [0.25, 0.3) is 44.5 Å². The number of nitrogens with zero attached hydrogens (tertiary/aromatic N) is 2. The van der Waals surface area contributed by atoms with Gasteiger partial charge in [-0.1, -0.05) is 0 Å². The molecule has 0 saturated heterocycles. The Labute approximate surface area is 242 Å². The van der Waals surface area contributed by atoms with Gasteiger partial charge in [-0.05, 0) is 73.5 Å². The number of fused-ring (bicyclic) bond motifs is 2. The molecule has 8 nitrogen and oxygen atoms in total. The van der Waals surface area contributed by atoms with Crippen LogP contribution in [0.1, 0.15) is 45.1 Å². The molecule has 1 atom stereocenters. The smallest absolute Gasteiger partial charge is 0.255 e. The highest BCUT2D eigenvalue weighted by molar-refractivity contribution is 6.12. The van der Waals surface area contributed by atoms with E-state index in [4.69, 9.17) is 8.83 Å². The van der Waals surface area contributed by atoms with Gasteiger partial charge in [0.2, 0.25) is 5.89 Å². The molecule has 11 heteroatoms. The number of carbonyl (C=O) groups excluding carboxylic acids is 2. The van der Waals surface area contributed by atoms with Gasteiger partial charge in [0.15, 0.2) is 5.58 Å². The molecule has 0 aliphatic rings. The minimum atomic E-state index is -0.846.